The van der Waals surface area contributed by atoms with Gasteiger partial charge in [-0.1, -0.05) is 11.3 Å². The molecule has 1 amide bonds. The van der Waals surface area contributed by atoms with Crippen molar-refractivity contribution in [2.24, 2.45) is 5.92 Å². The van der Waals surface area contributed by atoms with Crippen LogP contribution in [0.5, 0.6) is 0 Å². The Balaban J connectivity index is 1.43. The van der Waals surface area contributed by atoms with Crippen molar-refractivity contribution < 1.29 is 9.72 Å². The van der Waals surface area contributed by atoms with Gasteiger partial charge in [-0.3, -0.25) is 14.9 Å². The minimum atomic E-state index is -0.455. The number of nitro benzene ring substituents is 1. The van der Waals surface area contributed by atoms with Gasteiger partial charge in [-0.2, -0.15) is 0 Å². The number of hydrogen-bond acceptors (Lipinski definition) is 6. The van der Waals surface area contributed by atoms with E-state index < -0.39 is 4.92 Å². The van der Waals surface area contributed by atoms with Crippen molar-refractivity contribution in [3.63, 3.8) is 0 Å². The maximum absolute atomic E-state index is 12.9. The molecule has 2 heterocycles. The molecule has 0 spiro atoms. The Morgan fingerprint density at radius 3 is 2.71 bits per heavy atom. The Morgan fingerprint density at radius 2 is 2.04 bits per heavy atom. The summed E-state index contributed by atoms with van der Waals surface area (Å²) < 4.78 is 1.48. The molecular weight excluding hydrogens is 360 g/mol. The smallest absolute Gasteiger partial charge is 0.276 e. The molecule has 0 bridgehead atoms. The normalized spacial score (nSPS) is 17.7. The van der Waals surface area contributed by atoms with Crippen molar-refractivity contribution in [1.82, 2.24) is 25.2 Å². The third-order valence-corrected chi connectivity index (χ3v) is 5.56. The number of non-ortho nitro benzene ring substituents is 1. The Labute approximate surface area is 162 Å². The van der Waals surface area contributed by atoms with Gasteiger partial charge in [0.2, 0.25) is 0 Å². The predicted octanol–water partition coefficient (Wildman–Crippen LogP) is 2.09. The number of likely N-dealkylation sites (tertiary alicyclic amines) is 1. The maximum Gasteiger partial charge on any atom is 0.276 e. The molecule has 1 aromatic heterocycles. The Bertz CT molecular complexity index is 884. The zero-order chi connectivity index (χ0) is 19.7. The van der Waals surface area contributed by atoms with Crippen molar-refractivity contribution in [2.45, 2.75) is 38.6 Å². The number of nitro groups is 1. The monoisotopic (exact) mass is 384 g/mol. The molecule has 0 atom stereocenters. The first-order valence-electron chi connectivity index (χ1n) is 9.72. The number of aromatic nitrogens is 3. The highest BCUT2D eigenvalue weighted by Gasteiger charge is 2.28. The standard InChI is InChI=1S/C19H24N6O3/c1-13-18(21-22-24(13)16-3-2-4-17(11-16)25(27)28)19(26)23-9-7-15(8-10-23)20-12-14-5-6-14/h2-4,11,14-15,20H,5-10,12H2,1H3. The van der Waals surface area contributed by atoms with Gasteiger partial charge in [0.15, 0.2) is 5.69 Å². The van der Waals surface area contributed by atoms with E-state index in [1.807, 2.05) is 4.90 Å². The lowest BCUT2D eigenvalue weighted by Gasteiger charge is -2.32. The first-order chi connectivity index (χ1) is 13.5. The van der Waals surface area contributed by atoms with Crippen LogP contribution in [0.3, 0.4) is 0 Å². The summed E-state index contributed by atoms with van der Waals surface area (Å²) in [4.78, 5) is 25.3. The summed E-state index contributed by atoms with van der Waals surface area (Å²) in [6.07, 6.45) is 4.56. The molecule has 0 unspecified atom stereocenters. The third-order valence-electron chi connectivity index (χ3n) is 5.56. The minimum absolute atomic E-state index is 0.0268. The Morgan fingerprint density at radius 1 is 1.29 bits per heavy atom. The number of carbonyl (C=O) groups is 1. The molecule has 28 heavy (non-hydrogen) atoms. The number of hydrogen-bond donors (Lipinski definition) is 1. The van der Waals surface area contributed by atoms with Crippen LogP contribution in [0.25, 0.3) is 5.69 Å². The molecule has 1 aliphatic heterocycles. The molecule has 2 fully saturated rings. The quantitative estimate of drug-likeness (QED) is 0.604. The van der Waals surface area contributed by atoms with Crippen LogP contribution in [0.1, 0.15) is 41.9 Å². The molecule has 148 valence electrons. The van der Waals surface area contributed by atoms with Gasteiger partial charge >= 0.3 is 0 Å². The summed E-state index contributed by atoms with van der Waals surface area (Å²) in [7, 11) is 0. The second-order valence-electron chi connectivity index (χ2n) is 7.63. The van der Waals surface area contributed by atoms with E-state index in [0.29, 0.717) is 36.2 Å². The zero-order valence-corrected chi connectivity index (χ0v) is 15.9. The van der Waals surface area contributed by atoms with Gasteiger partial charge in [0.1, 0.15) is 0 Å². The highest BCUT2D eigenvalue weighted by molar-refractivity contribution is 5.93. The van der Waals surface area contributed by atoms with Crippen LogP contribution >= 0.6 is 0 Å². The van der Waals surface area contributed by atoms with Gasteiger partial charge in [0.05, 0.1) is 16.3 Å². The number of piperidine rings is 1. The topological polar surface area (TPSA) is 106 Å². The fourth-order valence-electron chi connectivity index (χ4n) is 3.60. The fourth-order valence-corrected chi connectivity index (χ4v) is 3.60. The van der Waals surface area contributed by atoms with Crippen LogP contribution < -0.4 is 5.32 Å². The molecule has 1 saturated heterocycles. The first kappa shape index (κ1) is 18.5. The summed E-state index contributed by atoms with van der Waals surface area (Å²) in [5.41, 5.74) is 1.37. The first-order valence-corrected chi connectivity index (χ1v) is 9.72. The summed E-state index contributed by atoms with van der Waals surface area (Å²) in [5, 5.41) is 22.7. The summed E-state index contributed by atoms with van der Waals surface area (Å²) in [5.74, 6) is 0.723. The van der Waals surface area contributed by atoms with Crippen LogP contribution in [0.15, 0.2) is 24.3 Å². The zero-order valence-electron chi connectivity index (χ0n) is 15.9. The van der Waals surface area contributed by atoms with Gasteiger partial charge in [-0.25, -0.2) is 4.68 Å². The largest absolute Gasteiger partial charge is 0.337 e. The van der Waals surface area contributed by atoms with Crippen molar-refractivity contribution in [3.05, 3.63) is 45.8 Å². The third kappa shape index (κ3) is 3.89. The molecule has 1 saturated carbocycles. The summed E-state index contributed by atoms with van der Waals surface area (Å²) in [6, 6.07) is 6.62. The van der Waals surface area contributed by atoms with E-state index in [1.54, 1.807) is 19.1 Å². The molecule has 9 nitrogen and oxygen atoms in total. The average Bonchev–Trinajstić information content (AvgIpc) is 3.47. The van der Waals surface area contributed by atoms with E-state index in [2.05, 4.69) is 15.6 Å². The van der Waals surface area contributed by atoms with E-state index >= 15 is 0 Å². The maximum atomic E-state index is 12.9. The van der Waals surface area contributed by atoms with E-state index in [-0.39, 0.29) is 11.6 Å². The second-order valence-corrected chi connectivity index (χ2v) is 7.63. The van der Waals surface area contributed by atoms with Crippen LogP contribution in [0.4, 0.5) is 5.69 Å². The molecule has 1 aromatic carbocycles. The van der Waals surface area contributed by atoms with Crippen LogP contribution in [-0.4, -0.2) is 56.4 Å². The molecular formula is C19H24N6O3. The number of amides is 1. The van der Waals surface area contributed by atoms with Crippen LogP contribution in [-0.2, 0) is 0 Å². The summed E-state index contributed by atoms with van der Waals surface area (Å²) >= 11 is 0. The molecule has 9 heteroatoms. The number of nitrogens with one attached hydrogen (secondary N) is 1. The molecule has 4 rings (SSSR count). The molecule has 1 N–H and O–H groups in total. The van der Waals surface area contributed by atoms with Gasteiger partial charge < -0.3 is 10.2 Å². The molecule has 2 aliphatic rings. The highest BCUT2D eigenvalue weighted by Crippen LogP contribution is 2.28. The fraction of sp³-hybridized carbons (Fsp3) is 0.526. The van der Waals surface area contributed by atoms with Crippen molar-refractivity contribution in [3.8, 4) is 5.69 Å². The number of benzene rings is 1. The number of carbonyl (C=O) groups excluding carboxylic acids is 1. The lowest BCUT2D eigenvalue weighted by molar-refractivity contribution is -0.384. The van der Waals surface area contributed by atoms with E-state index in [1.165, 1.54) is 29.7 Å². The highest BCUT2D eigenvalue weighted by atomic mass is 16.6. The van der Waals surface area contributed by atoms with E-state index in [9.17, 15) is 14.9 Å². The SMILES string of the molecule is Cc1c(C(=O)N2CCC(NCC3CC3)CC2)nnn1-c1cccc([N+](=O)[O-])c1. The molecule has 0 radical (unpaired) electrons. The van der Waals surface area contributed by atoms with Crippen LogP contribution in [0.2, 0.25) is 0 Å². The lowest BCUT2D eigenvalue weighted by Crippen LogP contribution is -2.45. The van der Waals surface area contributed by atoms with E-state index in [4.69, 9.17) is 0 Å². The second kappa shape index (κ2) is 7.67. The minimum Gasteiger partial charge on any atom is -0.337 e. The van der Waals surface area contributed by atoms with Gasteiger partial charge in [-0.05, 0) is 51.1 Å². The van der Waals surface area contributed by atoms with Gasteiger partial charge in [0, 0.05) is 31.3 Å². The van der Waals surface area contributed by atoms with Crippen molar-refractivity contribution in [2.75, 3.05) is 19.6 Å². The number of nitrogens with zero attached hydrogens (tertiary/aromatic N) is 5. The van der Waals surface area contributed by atoms with E-state index in [0.717, 1.165) is 25.3 Å². The van der Waals surface area contributed by atoms with Crippen molar-refractivity contribution >= 4 is 11.6 Å². The van der Waals surface area contributed by atoms with Crippen LogP contribution in [0, 0.1) is 23.0 Å². The summed E-state index contributed by atoms with van der Waals surface area (Å²) in [6.45, 7) is 4.25. The number of rotatable bonds is 6. The Hall–Kier alpha value is -2.81. The predicted molar refractivity (Wildman–Crippen MR) is 102 cm³/mol. The molecule has 1 aliphatic carbocycles. The van der Waals surface area contributed by atoms with Gasteiger partial charge in [-0.15, -0.1) is 5.10 Å². The molecule has 2 aromatic rings. The average molecular weight is 384 g/mol. The Kier molecular flexibility index (Phi) is 5.08. The van der Waals surface area contributed by atoms with Crippen molar-refractivity contribution in [1.29, 1.82) is 0 Å². The lowest BCUT2D eigenvalue weighted by atomic mass is 10.0. The van der Waals surface area contributed by atoms with Gasteiger partial charge in [0.25, 0.3) is 11.6 Å².